The van der Waals surface area contributed by atoms with Gasteiger partial charge in [0.05, 0.1) is 0 Å². The number of rotatable bonds is 12. The van der Waals surface area contributed by atoms with Crippen LogP contribution in [0.5, 0.6) is 0 Å². The highest BCUT2D eigenvalue weighted by molar-refractivity contribution is 5.94. The van der Waals surface area contributed by atoms with Crippen LogP contribution in [0.25, 0.3) is 0 Å². The Morgan fingerprint density at radius 3 is 1.79 bits per heavy atom. The van der Waals surface area contributed by atoms with Crippen LogP contribution in [0.15, 0.2) is 71.1 Å². The molecule has 0 unspecified atom stereocenters. The van der Waals surface area contributed by atoms with Crippen LogP contribution in [0, 0.1) is 0 Å². The number of hydrogen-bond donors (Lipinski definition) is 1. The van der Waals surface area contributed by atoms with Gasteiger partial charge in [0.25, 0.3) is 5.91 Å². The molecule has 0 aromatic carbocycles. The molecule has 3 heteroatoms. The van der Waals surface area contributed by atoms with Crippen molar-refractivity contribution < 1.29 is 4.79 Å². The molecule has 0 radical (unpaired) electrons. The Bertz CT molecular complexity index is 735. The van der Waals surface area contributed by atoms with E-state index in [0.29, 0.717) is 12.1 Å². The highest BCUT2D eigenvalue weighted by Crippen LogP contribution is 2.13. The zero-order chi connectivity index (χ0) is 21.5. The fraction of sp³-hybridized carbons (Fsp3) is 0.462. The second-order valence-electron chi connectivity index (χ2n) is 7.99. The Morgan fingerprint density at radius 2 is 1.28 bits per heavy atom. The molecule has 158 valence electrons. The summed E-state index contributed by atoms with van der Waals surface area (Å²) in [5.41, 5.74) is 6.29. The van der Waals surface area contributed by atoms with E-state index < -0.39 is 0 Å². The van der Waals surface area contributed by atoms with Gasteiger partial charge < -0.3 is 5.32 Å². The molecule has 0 aliphatic carbocycles. The summed E-state index contributed by atoms with van der Waals surface area (Å²) >= 11 is 0. The Morgan fingerprint density at radius 1 is 0.793 bits per heavy atom. The van der Waals surface area contributed by atoms with Crippen molar-refractivity contribution in [1.82, 2.24) is 10.3 Å². The van der Waals surface area contributed by atoms with Gasteiger partial charge in [0.2, 0.25) is 0 Å². The zero-order valence-corrected chi connectivity index (χ0v) is 18.9. The molecule has 0 atom stereocenters. The maximum atomic E-state index is 12.0. The van der Waals surface area contributed by atoms with Crippen LogP contribution in [-0.2, 0) is 0 Å². The van der Waals surface area contributed by atoms with Gasteiger partial charge in [-0.15, -0.1) is 0 Å². The standard InChI is InChI=1S/C26H38N2O/c1-21(2)9-6-10-22(3)11-7-12-23(4)13-8-14-24(5)15-20-28-26(29)25-16-18-27-19-17-25/h9,11,13,15-19H,6-8,10,12,14,20H2,1-5H3,(H,28,29)/b22-11+,23-13+,24-15+. The van der Waals surface area contributed by atoms with Gasteiger partial charge in [0.15, 0.2) is 0 Å². The van der Waals surface area contributed by atoms with Crippen molar-refractivity contribution in [3.05, 3.63) is 76.7 Å². The van der Waals surface area contributed by atoms with Gasteiger partial charge >= 0.3 is 0 Å². The maximum absolute atomic E-state index is 12.0. The summed E-state index contributed by atoms with van der Waals surface area (Å²) in [4.78, 5) is 15.9. The lowest BCUT2D eigenvalue weighted by Gasteiger charge is -2.04. The Kier molecular flexibility index (Phi) is 12.4. The first kappa shape index (κ1) is 24.6. The third kappa shape index (κ3) is 12.6. The molecule has 0 aliphatic rings. The smallest absolute Gasteiger partial charge is 0.251 e. The van der Waals surface area contributed by atoms with Crippen molar-refractivity contribution in [2.24, 2.45) is 0 Å². The molecule has 0 spiro atoms. The van der Waals surface area contributed by atoms with E-state index in [1.165, 1.54) is 22.3 Å². The fourth-order valence-electron chi connectivity index (χ4n) is 2.91. The third-order valence-corrected chi connectivity index (χ3v) is 4.81. The quantitative estimate of drug-likeness (QED) is 0.389. The van der Waals surface area contributed by atoms with Crippen LogP contribution in [0.1, 0.15) is 83.5 Å². The van der Waals surface area contributed by atoms with Crippen LogP contribution in [0.4, 0.5) is 0 Å². The highest BCUT2D eigenvalue weighted by atomic mass is 16.1. The van der Waals surface area contributed by atoms with Crippen LogP contribution in [-0.4, -0.2) is 17.4 Å². The first-order chi connectivity index (χ1) is 13.9. The highest BCUT2D eigenvalue weighted by Gasteiger charge is 2.02. The summed E-state index contributed by atoms with van der Waals surface area (Å²) in [5.74, 6) is -0.0589. The summed E-state index contributed by atoms with van der Waals surface area (Å²) in [6.45, 7) is 11.5. The van der Waals surface area contributed by atoms with Gasteiger partial charge in [-0.3, -0.25) is 9.78 Å². The lowest BCUT2D eigenvalue weighted by molar-refractivity contribution is 0.0958. The summed E-state index contributed by atoms with van der Waals surface area (Å²) in [6.07, 6.45) is 19.0. The minimum absolute atomic E-state index is 0.0589. The summed E-state index contributed by atoms with van der Waals surface area (Å²) < 4.78 is 0. The SMILES string of the molecule is CC(C)=CCC/C(C)=C/CC/C(C)=C/CC/C(C)=C/CNC(=O)c1ccncc1. The van der Waals surface area contributed by atoms with Gasteiger partial charge in [-0.2, -0.15) is 0 Å². The molecule has 0 saturated heterocycles. The predicted molar refractivity (Wildman–Crippen MR) is 125 cm³/mol. The molecule has 1 rings (SSSR count). The molecule has 0 saturated carbocycles. The van der Waals surface area contributed by atoms with Crippen molar-refractivity contribution in [2.45, 2.75) is 73.1 Å². The largest absolute Gasteiger partial charge is 0.349 e. The Hall–Kier alpha value is -2.42. The predicted octanol–water partition coefficient (Wildman–Crippen LogP) is 6.96. The van der Waals surface area contributed by atoms with E-state index in [9.17, 15) is 4.79 Å². The van der Waals surface area contributed by atoms with Crippen LogP contribution in [0.2, 0.25) is 0 Å². The summed E-state index contributed by atoms with van der Waals surface area (Å²) in [7, 11) is 0. The van der Waals surface area contributed by atoms with E-state index >= 15 is 0 Å². The molecule has 1 amide bonds. The molecule has 1 aromatic heterocycles. The van der Waals surface area contributed by atoms with Crippen molar-refractivity contribution in [3.8, 4) is 0 Å². The number of nitrogens with one attached hydrogen (secondary N) is 1. The molecule has 1 heterocycles. The molecule has 1 N–H and O–H groups in total. The number of amides is 1. The van der Waals surface area contributed by atoms with E-state index in [-0.39, 0.29) is 5.91 Å². The van der Waals surface area contributed by atoms with E-state index in [0.717, 1.165) is 38.5 Å². The zero-order valence-electron chi connectivity index (χ0n) is 18.9. The monoisotopic (exact) mass is 394 g/mol. The van der Waals surface area contributed by atoms with Crippen molar-refractivity contribution in [1.29, 1.82) is 0 Å². The van der Waals surface area contributed by atoms with Crippen molar-refractivity contribution >= 4 is 5.91 Å². The first-order valence-electron chi connectivity index (χ1n) is 10.7. The second-order valence-corrected chi connectivity index (χ2v) is 7.99. The number of aromatic nitrogens is 1. The van der Waals surface area contributed by atoms with Crippen LogP contribution < -0.4 is 5.32 Å². The number of pyridine rings is 1. The van der Waals surface area contributed by atoms with Crippen LogP contribution >= 0.6 is 0 Å². The van der Waals surface area contributed by atoms with E-state index in [1.807, 2.05) is 0 Å². The Labute approximate surface area is 177 Å². The van der Waals surface area contributed by atoms with Gasteiger partial charge in [-0.05, 0) is 85.3 Å². The first-order valence-corrected chi connectivity index (χ1v) is 10.7. The molecule has 0 bridgehead atoms. The molecule has 3 nitrogen and oxygen atoms in total. The lowest BCUT2D eigenvalue weighted by atomic mass is 10.0. The average Bonchev–Trinajstić information content (AvgIpc) is 2.68. The molecule has 0 aliphatic heterocycles. The fourth-order valence-corrected chi connectivity index (χ4v) is 2.91. The molecule has 1 aromatic rings. The van der Waals surface area contributed by atoms with Crippen LogP contribution in [0.3, 0.4) is 0 Å². The van der Waals surface area contributed by atoms with Gasteiger partial charge in [0, 0.05) is 24.5 Å². The minimum Gasteiger partial charge on any atom is -0.349 e. The second kappa shape index (κ2) is 14.6. The van der Waals surface area contributed by atoms with Crippen molar-refractivity contribution in [2.75, 3.05) is 6.54 Å². The Balaban J connectivity index is 2.24. The van der Waals surface area contributed by atoms with Gasteiger partial charge in [-0.1, -0.05) is 46.6 Å². The van der Waals surface area contributed by atoms with Gasteiger partial charge in [-0.25, -0.2) is 0 Å². The maximum Gasteiger partial charge on any atom is 0.251 e. The minimum atomic E-state index is -0.0589. The number of allylic oxidation sites excluding steroid dienone is 7. The normalized spacial score (nSPS) is 12.7. The number of hydrogen-bond acceptors (Lipinski definition) is 2. The lowest BCUT2D eigenvalue weighted by Crippen LogP contribution is -2.23. The van der Waals surface area contributed by atoms with E-state index in [1.54, 1.807) is 24.5 Å². The number of nitrogens with zero attached hydrogens (tertiary/aromatic N) is 1. The summed E-state index contributed by atoms with van der Waals surface area (Å²) in [6, 6.07) is 3.44. The number of carbonyl (C=O) groups is 1. The third-order valence-electron chi connectivity index (χ3n) is 4.81. The van der Waals surface area contributed by atoms with E-state index in [4.69, 9.17) is 0 Å². The average molecular weight is 395 g/mol. The molecule has 0 fully saturated rings. The van der Waals surface area contributed by atoms with E-state index in [2.05, 4.69) is 69.2 Å². The molecule has 29 heavy (non-hydrogen) atoms. The molecular weight excluding hydrogens is 356 g/mol. The van der Waals surface area contributed by atoms with Crippen molar-refractivity contribution in [3.63, 3.8) is 0 Å². The number of carbonyl (C=O) groups excluding carboxylic acids is 1. The molecular formula is C26H38N2O. The summed E-state index contributed by atoms with van der Waals surface area (Å²) in [5, 5.41) is 2.92. The topological polar surface area (TPSA) is 42.0 Å². The van der Waals surface area contributed by atoms with Gasteiger partial charge in [0.1, 0.15) is 0 Å².